The normalized spacial score (nSPS) is 12.2. The molecule has 2 N–H and O–H groups in total. The Balaban J connectivity index is 1.95. The molecular weight excluding hydrogens is 435 g/mol. The number of methoxy groups -OCH3 is 1. The van der Waals surface area contributed by atoms with E-state index >= 15 is 0 Å². The van der Waals surface area contributed by atoms with Crippen molar-refractivity contribution in [3.63, 3.8) is 0 Å². The molecule has 1 amide bonds. The van der Waals surface area contributed by atoms with Gasteiger partial charge in [-0.1, -0.05) is 18.2 Å². The van der Waals surface area contributed by atoms with Gasteiger partial charge in [0.05, 0.1) is 7.11 Å². The summed E-state index contributed by atoms with van der Waals surface area (Å²) in [5, 5.41) is 2.85. The molecule has 0 radical (unpaired) electrons. The van der Waals surface area contributed by atoms with Crippen LogP contribution in [0.5, 0.6) is 5.75 Å². The number of halogens is 1. The highest BCUT2D eigenvalue weighted by molar-refractivity contribution is 7.89. The molecule has 168 valence electrons. The van der Waals surface area contributed by atoms with Crippen LogP contribution in [0.4, 0.5) is 4.39 Å². The van der Waals surface area contributed by atoms with E-state index in [0.29, 0.717) is 11.6 Å². The van der Waals surface area contributed by atoms with Crippen LogP contribution in [0.1, 0.15) is 27.8 Å². The third-order valence-electron chi connectivity index (χ3n) is 4.74. The van der Waals surface area contributed by atoms with Gasteiger partial charge in [-0.15, -0.1) is 6.58 Å². The number of nitrogens with zero attached hydrogens (tertiary/aromatic N) is 2. The summed E-state index contributed by atoms with van der Waals surface area (Å²) >= 11 is 0. The lowest BCUT2D eigenvalue weighted by molar-refractivity contribution is 0.0941. The SMILES string of the molecule is C=CCNS(=O)(=O)c1cc(C(=O)NC(c2ccc(OC)cc2)c2nccn2C)ccc1F. The minimum atomic E-state index is -4.15. The summed E-state index contributed by atoms with van der Waals surface area (Å²) in [5.41, 5.74) is 0.717. The van der Waals surface area contributed by atoms with Gasteiger partial charge in [-0.3, -0.25) is 4.79 Å². The number of hydrogen-bond donors (Lipinski definition) is 2. The van der Waals surface area contributed by atoms with Gasteiger partial charge in [0.25, 0.3) is 5.91 Å². The van der Waals surface area contributed by atoms with Crippen molar-refractivity contribution in [1.82, 2.24) is 19.6 Å². The highest BCUT2D eigenvalue weighted by Gasteiger charge is 2.24. The first-order valence-corrected chi connectivity index (χ1v) is 11.1. The van der Waals surface area contributed by atoms with Gasteiger partial charge in [-0.2, -0.15) is 0 Å². The van der Waals surface area contributed by atoms with Crippen molar-refractivity contribution in [2.75, 3.05) is 13.7 Å². The van der Waals surface area contributed by atoms with Crippen LogP contribution in [-0.2, 0) is 17.1 Å². The van der Waals surface area contributed by atoms with E-state index in [-0.39, 0.29) is 12.1 Å². The average molecular weight is 459 g/mol. The van der Waals surface area contributed by atoms with Crippen LogP contribution in [0.3, 0.4) is 0 Å². The molecule has 0 aliphatic rings. The maximum absolute atomic E-state index is 14.2. The molecule has 1 unspecified atom stereocenters. The van der Waals surface area contributed by atoms with Crippen molar-refractivity contribution in [3.05, 3.63) is 90.3 Å². The van der Waals surface area contributed by atoms with E-state index in [0.717, 1.165) is 17.7 Å². The molecule has 0 aliphatic carbocycles. The molecule has 10 heteroatoms. The molecule has 0 aliphatic heterocycles. The first-order chi connectivity index (χ1) is 15.3. The predicted octanol–water partition coefficient (Wildman–Crippen LogP) is 2.55. The summed E-state index contributed by atoms with van der Waals surface area (Å²) in [4.78, 5) is 16.7. The van der Waals surface area contributed by atoms with Gasteiger partial charge < -0.3 is 14.6 Å². The lowest BCUT2D eigenvalue weighted by atomic mass is 10.0. The first kappa shape index (κ1) is 23.2. The van der Waals surface area contributed by atoms with Gasteiger partial charge in [-0.05, 0) is 35.9 Å². The Labute approximate surface area is 185 Å². The van der Waals surface area contributed by atoms with Crippen LogP contribution in [0.15, 0.2) is 72.4 Å². The second-order valence-electron chi connectivity index (χ2n) is 6.86. The summed E-state index contributed by atoms with van der Waals surface area (Å²) in [7, 11) is -0.811. The second-order valence-corrected chi connectivity index (χ2v) is 8.60. The third kappa shape index (κ3) is 5.04. The summed E-state index contributed by atoms with van der Waals surface area (Å²) in [6.45, 7) is 3.36. The summed E-state index contributed by atoms with van der Waals surface area (Å²) in [6, 6.07) is 9.62. The zero-order valence-corrected chi connectivity index (χ0v) is 18.4. The van der Waals surface area contributed by atoms with Gasteiger partial charge in [0.15, 0.2) is 0 Å². The van der Waals surface area contributed by atoms with E-state index in [2.05, 4.69) is 21.6 Å². The molecule has 1 heterocycles. The van der Waals surface area contributed by atoms with Crippen molar-refractivity contribution >= 4 is 15.9 Å². The molecule has 0 bridgehead atoms. The smallest absolute Gasteiger partial charge is 0.252 e. The molecule has 3 rings (SSSR count). The highest BCUT2D eigenvalue weighted by atomic mass is 32.2. The molecule has 32 heavy (non-hydrogen) atoms. The summed E-state index contributed by atoms with van der Waals surface area (Å²) in [6.07, 6.45) is 4.68. The number of carbonyl (C=O) groups is 1. The van der Waals surface area contributed by atoms with Crippen LogP contribution >= 0.6 is 0 Å². The maximum Gasteiger partial charge on any atom is 0.252 e. The molecule has 0 saturated carbocycles. The highest BCUT2D eigenvalue weighted by Crippen LogP contribution is 2.24. The van der Waals surface area contributed by atoms with E-state index in [4.69, 9.17) is 4.74 Å². The van der Waals surface area contributed by atoms with Crippen LogP contribution < -0.4 is 14.8 Å². The lowest BCUT2D eigenvalue weighted by Crippen LogP contribution is -2.31. The Hall–Kier alpha value is -3.50. The first-order valence-electron chi connectivity index (χ1n) is 9.59. The van der Waals surface area contributed by atoms with E-state index in [9.17, 15) is 17.6 Å². The molecule has 1 aromatic heterocycles. The number of amides is 1. The minimum Gasteiger partial charge on any atom is -0.497 e. The molecule has 1 atom stereocenters. The van der Waals surface area contributed by atoms with Crippen molar-refractivity contribution in [2.24, 2.45) is 7.05 Å². The Morgan fingerprint density at radius 3 is 2.59 bits per heavy atom. The van der Waals surface area contributed by atoms with Gasteiger partial charge in [0, 0.05) is 31.5 Å². The molecule has 2 aromatic carbocycles. The fraction of sp³-hybridized carbons (Fsp3) is 0.182. The number of ether oxygens (including phenoxy) is 1. The second kappa shape index (κ2) is 9.75. The largest absolute Gasteiger partial charge is 0.497 e. The lowest BCUT2D eigenvalue weighted by Gasteiger charge is -2.20. The van der Waals surface area contributed by atoms with Gasteiger partial charge in [0.1, 0.15) is 28.3 Å². The van der Waals surface area contributed by atoms with E-state index in [1.54, 1.807) is 55.4 Å². The molecule has 0 fully saturated rings. The number of carbonyl (C=O) groups excluding carboxylic acids is 1. The summed E-state index contributed by atoms with van der Waals surface area (Å²) in [5.74, 6) is -0.340. The number of hydrogen-bond acceptors (Lipinski definition) is 5. The van der Waals surface area contributed by atoms with Crippen molar-refractivity contribution in [1.29, 1.82) is 0 Å². The number of nitrogens with one attached hydrogen (secondary N) is 2. The Morgan fingerprint density at radius 2 is 2.00 bits per heavy atom. The number of benzene rings is 2. The monoisotopic (exact) mass is 458 g/mol. The quantitative estimate of drug-likeness (QED) is 0.480. The van der Waals surface area contributed by atoms with Gasteiger partial charge in [0.2, 0.25) is 10.0 Å². The Morgan fingerprint density at radius 1 is 1.28 bits per heavy atom. The van der Waals surface area contributed by atoms with Gasteiger partial charge >= 0.3 is 0 Å². The topological polar surface area (TPSA) is 102 Å². The number of aryl methyl sites for hydroxylation is 1. The molecule has 8 nitrogen and oxygen atoms in total. The standard InChI is InChI=1S/C22H23FN4O4S/c1-4-11-25-32(29,30)19-14-16(7-10-18(19)23)22(28)26-20(21-24-12-13-27(21)2)15-5-8-17(31-3)9-6-15/h4-10,12-14,20,25H,1,11H2,2-3H3,(H,26,28). The van der Waals surface area contributed by atoms with Gasteiger partial charge in [-0.25, -0.2) is 22.5 Å². The van der Waals surface area contributed by atoms with Crippen molar-refractivity contribution in [3.8, 4) is 5.75 Å². The van der Waals surface area contributed by atoms with Crippen LogP contribution in [0, 0.1) is 5.82 Å². The number of imidazole rings is 1. The minimum absolute atomic E-state index is 0.0156. The van der Waals surface area contributed by atoms with E-state index in [1.807, 2.05) is 0 Å². The molecular formula is C22H23FN4O4S. The van der Waals surface area contributed by atoms with Crippen molar-refractivity contribution in [2.45, 2.75) is 10.9 Å². The average Bonchev–Trinajstić information content (AvgIpc) is 3.21. The predicted molar refractivity (Wildman–Crippen MR) is 117 cm³/mol. The van der Waals surface area contributed by atoms with Crippen LogP contribution in [0.25, 0.3) is 0 Å². The summed E-state index contributed by atoms with van der Waals surface area (Å²) < 4.78 is 48.1. The maximum atomic E-state index is 14.2. The fourth-order valence-corrected chi connectivity index (χ4v) is 4.16. The Kier molecular flexibility index (Phi) is 7.06. The zero-order chi connectivity index (χ0) is 23.3. The Bertz CT molecular complexity index is 1220. The van der Waals surface area contributed by atoms with E-state index in [1.165, 1.54) is 12.1 Å². The molecule has 0 saturated heterocycles. The molecule has 3 aromatic rings. The third-order valence-corrected chi connectivity index (χ3v) is 6.18. The fourth-order valence-electron chi connectivity index (χ4n) is 3.06. The van der Waals surface area contributed by atoms with Crippen LogP contribution in [0.2, 0.25) is 0 Å². The zero-order valence-electron chi connectivity index (χ0n) is 17.6. The molecule has 0 spiro atoms. The van der Waals surface area contributed by atoms with Crippen molar-refractivity contribution < 1.29 is 22.3 Å². The van der Waals surface area contributed by atoms with E-state index < -0.39 is 32.7 Å². The number of sulfonamides is 1. The van der Waals surface area contributed by atoms with Crippen LogP contribution in [-0.4, -0.2) is 37.5 Å². The number of aromatic nitrogens is 2. The number of rotatable bonds is 9.